The minimum Gasteiger partial charge on any atom is -0.495 e. The minimum absolute atomic E-state index is 0.207. The summed E-state index contributed by atoms with van der Waals surface area (Å²) in [6.45, 7) is 1.80. The summed E-state index contributed by atoms with van der Waals surface area (Å²) in [7, 11) is 1.55. The highest BCUT2D eigenvalue weighted by Crippen LogP contribution is 2.38. The largest absolute Gasteiger partial charge is 0.495 e. The van der Waals surface area contributed by atoms with Crippen LogP contribution in [0, 0.1) is 6.92 Å². The van der Waals surface area contributed by atoms with Crippen molar-refractivity contribution in [2.24, 2.45) is 0 Å². The molecule has 0 aliphatic rings. The lowest BCUT2D eigenvalue weighted by molar-refractivity contribution is 0.204. The molecule has 0 aliphatic carbocycles. The van der Waals surface area contributed by atoms with Gasteiger partial charge in [0.25, 0.3) is 0 Å². The lowest BCUT2D eigenvalue weighted by Crippen LogP contribution is -2.26. The fourth-order valence-corrected chi connectivity index (χ4v) is 3.96. The standard InChI is InChI=1S/C19H14BrClN4O3/c1-10-4-3-5-12(21)17(10)25(19(26)27)18-15-8-22-9-24(15)14-6-11(20)16(28-2)7-13(14)23-18/h3-9H,1-2H3,(H,26,27). The molecular formula is C19H14BrClN4O3. The molecule has 7 nitrogen and oxygen atoms in total. The SMILES string of the molecule is COc1cc2nc(N(C(=O)O)c3c(C)cccc3Cl)c3cncn3c2cc1Br. The molecule has 0 aliphatic heterocycles. The van der Waals surface area contributed by atoms with Gasteiger partial charge in [0.2, 0.25) is 0 Å². The van der Waals surface area contributed by atoms with Crippen molar-refractivity contribution in [3.05, 3.63) is 57.9 Å². The summed E-state index contributed by atoms with van der Waals surface area (Å²) in [5.41, 5.74) is 2.91. The summed E-state index contributed by atoms with van der Waals surface area (Å²) < 4.78 is 7.89. The van der Waals surface area contributed by atoms with Gasteiger partial charge in [-0.2, -0.15) is 0 Å². The Morgan fingerprint density at radius 3 is 2.79 bits per heavy atom. The number of carboxylic acid groups (broad SMARTS) is 1. The van der Waals surface area contributed by atoms with Gasteiger partial charge in [-0.3, -0.25) is 4.40 Å². The van der Waals surface area contributed by atoms with Crippen LogP contribution in [0.25, 0.3) is 16.6 Å². The van der Waals surface area contributed by atoms with E-state index in [1.165, 1.54) is 0 Å². The predicted molar refractivity (Wildman–Crippen MR) is 111 cm³/mol. The number of ether oxygens (including phenoxy) is 1. The number of imidazole rings is 1. The molecule has 0 unspecified atom stereocenters. The summed E-state index contributed by atoms with van der Waals surface area (Å²) in [5, 5.41) is 10.3. The molecule has 1 amide bonds. The molecule has 2 aromatic carbocycles. The molecule has 28 heavy (non-hydrogen) atoms. The first-order chi connectivity index (χ1) is 13.4. The summed E-state index contributed by atoms with van der Waals surface area (Å²) in [5.74, 6) is 0.791. The maximum atomic E-state index is 12.2. The number of anilines is 2. The van der Waals surface area contributed by atoms with Crippen molar-refractivity contribution >= 4 is 61.7 Å². The van der Waals surface area contributed by atoms with Crippen LogP contribution in [-0.2, 0) is 0 Å². The van der Waals surface area contributed by atoms with Gasteiger partial charge < -0.3 is 9.84 Å². The lowest BCUT2D eigenvalue weighted by Gasteiger charge is -2.23. The van der Waals surface area contributed by atoms with E-state index in [2.05, 4.69) is 25.9 Å². The zero-order valence-electron chi connectivity index (χ0n) is 14.8. The molecule has 2 heterocycles. The molecule has 0 radical (unpaired) electrons. The Morgan fingerprint density at radius 2 is 2.11 bits per heavy atom. The smallest absolute Gasteiger partial charge is 0.417 e. The molecule has 0 spiro atoms. The van der Waals surface area contributed by atoms with Crippen LogP contribution in [0.2, 0.25) is 5.02 Å². The van der Waals surface area contributed by atoms with Gasteiger partial charge in [-0.15, -0.1) is 0 Å². The summed E-state index contributed by atoms with van der Waals surface area (Å²) in [6, 6.07) is 8.81. The average molecular weight is 462 g/mol. The van der Waals surface area contributed by atoms with Crippen LogP contribution < -0.4 is 9.64 Å². The van der Waals surface area contributed by atoms with Crippen LogP contribution in [0.1, 0.15) is 5.56 Å². The Hall–Kier alpha value is -2.84. The number of hydrogen-bond acceptors (Lipinski definition) is 4. The fraction of sp³-hybridized carbons (Fsp3) is 0.105. The van der Waals surface area contributed by atoms with Crippen LogP contribution in [-0.4, -0.2) is 32.7 Å². The Labute approximate surface area is 173 Å². The molecule has 0 saturated carbocycles. The van der Waals surface area contributed by atoms with Gasteiger partial charge in [-0.1, -0.05) is 23.7 Å². The Balaban J connectivity index is 2.09. The van der Waals surface area contributed by atoms with Crippen molar-refractivity contribution in [3.8, 4) is 5.75 Å². The molecule has 0 fully saturated rings. The van der Waals surface area contributed by atoms with Gasteiger partial charge in [0.05, 0.1) is 45.9 Å². The van der Waals surface area contributed by atoms with Gasteiger partial charge in [-0.05, 0) is 40.5 Å². The maximum Gasteiger partial charge on any atom is 0.417 e. The molecule has 142 valence electrons. The van der Waals surface area contributed by atoms with Crippen molar-refractivity contribution < 1.29 is 14.6 Å². The van der Waals surface area contributed by atoms with Gasteiger partial charge in [-0.25, -0.2) is 19.7 Å². The van der Waals surface area contributed by atoms with Gasteiger partial charge >= 0.3 is 6.09 Å². The van der Waals surface area contributed by atoms with E-state index in [4.69, 9.17) is 16.3 Å². The normalized spacial score (nSPS) is 11.1. The summed E-state index contributed by atoms with van der Waals surface area (Å²) >= 11 is 9.82. The number of para-hydroxylation sites is 1. The third-order valence-electron chi connectivity index (χ3n) is 4.42. The first-order valence-electron chi connectivity index (χ1n) is 8.20. The third kappa shape index (κ3) is 2.85. The van der Waals surface area contributed by atoms with Crippen LogP contribution >= 0.6 is 27.5 Å². The predicted octanol–water partition coefficient (Wildman–Crippen LogP) is 5.43. The second-order valence-electron chi connectivity index (χ2n) is 6.08. The van der Waals surface area contributed by atoms with E-state index in [0.717, 1.165) is 14.9 Å². The van der Waals surface area contributed by atoms with Crippen molar-refractivity contribution in [2.45, 2.75) is 6.92 Å². The van der Waals surface area contributed by atoms with Gasteiger partial charge in [0.1, 0.15) is 11.3 Å². The van der Waals surface area contributed by atoms with Crippen molar-refractivity contribution in [1.82, 2.24) is 14.4 Å². The molecule has 9 heteroatoms. The number of methoxy groups -OCH3 is 1. The number of aromatic nitrogens is 3. The maximum absolute atomic E-state index is 12.2. The van der Waals surface area contributed by atoms with Crippen molar-refractivity contribution in [1.29, 1.82) is 0 Å². The number of fused-ring (bicyclic) bond motifs is 3. The molecule has 0 atom stereocenters. The quantitative estimate of drug-likeness (QED) is 0.440. The number of rotatable bonds is 3. The van der Waals surface area contributed by atoms with Crippen molar-refractivity contribution in [2.75, 3.05) is 12.0 Å². The number of hydrogen-bond donors (Lipinski definition) is 1. The lowest BCUT2D eigenvalue weighted by atomic mass is 10.2. The number of aryl methyl sites for hydroxylation is 1. The van der Waals surface area contributed by atoms with E-state index >= 15 is 0 Å². The third-order valence-corrected chi connectivity index (χ3v) is 5.34. The van der Waals surface area contributed by atoms with Crippen LogP contribution in [0.3, 0.4) is 0 Å². The summed E-state index contributed by atoms with van der Waals surface area (Å²) in [4.78, 5) is 22.2. The molecule has 4 rings (SSSR count). The first kappa shape index (κ1) is 18.5. The minimum atomic E-state index is -1.20. The van der Waals surface area contributed by atoms with Crippen LogP contribution in [0.5, 0.6) is 5.75 Å². The highest BCUT2D eigenvalue weighted by molar-refractivity contribution is 9.10. The number of benzene rings is 2. The van der Waals surface area contributed by atoms with Gasteiger partial charge in [0, 0.05) is 6.07 Å². The van der Waals surface area contributed by atoms with E-state index in [-0.39, 0.29) is 5.82 Å². The zero-order valence-corrected chi connectivity index (χ0v) is 17.2. The number of carbonyl (C=O) groups is 1. The number of nitrogens with zero attached hydrogens (tertiary/aromatic N) is 4. The van der Waals surface area contributed by atoms with Crippen LogP contribution in [0.15, 0.2) is 47.3 Å². The second-order valence-corrected chi connectivity index (χ2v) is 7.34. The molecule has 0 bridgehead atoms. The Kier molecular flexibility index (Phi) is 4.60. The second kappa shape index (κ2) is 6.96. The number of halogens is 2. The number of amides is 1. The molecular weight excluding hydrogens is 448 g/mol. The Morgan fingerprint density at radius 1 is 1.32 bits per heavy atom. The first-order valence-corrected chi connectivity index (χ1v) is 9.37. The summed E-state index contributed by atoms with van der Waals surface area (Å²) in [6.07, 6.45) is 1.98. The van der Waals surface area contributed by atoms with Crippen molar-refractivity contribution in [3.63, 3.8) is 0 Å². The molecule has 4 aromatic rings. The van der Waals surface area contributed by atoms with E-state index in [1.54, 1.807) is 55.2 Å². The fourth-order valence-electron chi connectivity index (χ4n) is 3.16. The molecule has 0 saturated heterocycles. The van der Waals surface area contributed by atoms with E-state index in [0.29, 0.717) is 33.1 Å². The average Bonchev–Trinajstić information content (AvgIpc) is 3.14. The highest BCUT2D eigenvalue weighted by Gasteiger charge is 2.26. The topological polar surface area (TPSA) is 80.0 Å². The zero-order chi connectivity index (χ0) is 20.0. The monoisotopic (exact) mass is 460 g/mol. The highest BCUT2D eigenvalue weighted by atomic mass is 79.9. The van der Waals surface area contributed by atoms with Crippen LogP contribution in [0.4, 0.5) is 16.3 Å². The Bertz CT molecular complexity index is 1220. The van der Waals surface area contributed by atoms with Gasteiger partial charge in [0.15, 0.2) is 5.82 Å². The van der Waals surface area contributed by atoms with E-state index < -0.39 is 6.09 Å². The molecule has 2 aromatic heterocycles. The molecule has 1 N–H and O–H groups in total. The van der Waals surface area contributed by atoms with E-state index in [1.807, 2.05) is 6.07 Å². The van der Waals surface area contributed by atoms with E-state index in [9.17, 15) is 9.90 Å².